The van der Waals surface area contributed by atoms with Crippen molar-refractivity contribution in [1.29, 1.82) is 5.41 Å². The lowest BCUT2D eigenvalue weighted by Gasteiger charge is -2.00. The highest BCUT2D eigenvalue weighted by Crippen LogP contribution is 2.18. The van der Waals surface area contributed by atoms with E-state index >= 15 is 0 Å². The number of benzene rings is 1. The third-order valence-electron chi connectivity index (χ3n) is 1.80. The minimum absolute atomic E-state index is 0.0924. The Morgan fingerprint density at radius 3 is 2.73 bits per heavy atom. The van der Waals surface area contributed by atoms with Crippen LogP contribution in [0.4, 0.5) is 5.69 Å². The van der Waals surface area contributed by atoms with E-state index in [1.807, 2.05) is 0 Å². The van der Waals surface area contributed by atoms with Crippen LogP contribution < -0.4 is 0 Å². The number of nitrogens with one attached hydrogen (secondary N) is 1. The van der Waals surface area contributed by atoms with Gasteiger partial charge in [0.2, 0.25) is 0 Å². The molecule has 1 rings (SSSR count). The van der Waals surface area contributed by atoms with Crippen LogP contribution in [-0.4, -0.2) is 24.2 Å². The Bertz CT molecular complexity index is 428. The van der Waals surface area contributed by atoms with E-state index < -0.39 is 10.9 Å². The lowest BCUT2D eigenvalue weighted by molar-refractivity contribution is -0.385. The number of rotatable bonds is 3. The molecular formula is C9H8N2O4. The first-order valence-electron chi connectivity index (χ1n) is 3.97. The molecule has 0 bridgehead atoms. The number of methoxy groups -OCH3 is 1. The van der Waals surface area contributed by atoms with Crippen molar-refractivity contribution in [3.8, 4) is 0 Å². The predicted octanol–water partition coefficient (Wildman–Crippen LogP) is 1.38. The molecule has 0 unspecified atom stereocenters. The molecule has 1 aromatic rings. The SMILES string of the molecule is COC(=O)c1ccc(C=N)c([N+](=O)[O-])c1. The number of hydrogen-bond acceptors (Lipinski definition) is 5. The second-order valence-electron chi connectivity index (χ2n) is 2.67. The van der Waals surface area contributed by atoms with Crippen molar-refractivity contribution in [2.75, 3.05) is 7.11 Å². The molecule has 0 amide bonds. The van der Waals surface area contributed by atoms with Crippen LogP contribution in [0.1, 0.15) is 15.9 Å². The largest absolute Gasteiger partial charge is 0.465 e. The van der Waals surface area contributed by atoms with Gasteiger partial charge in [-0.05, 0) is 12.1 Å². The molecule has 0 fully saturated rings. The fourth-order valence-electron chi connectivity index (χ4n) is 1.07. The van der Waals surface area contributed by atoms with E-state index in [1.54, 1.807) is 0 Å². The van der Waals surface area contributed by atoms with E-state index in [1.165, 1.54) is 19.2 Å². The smallest absolute Gasteiger partial charge is 0.338 e. The molecule has 0 aliphatic heterocycles. The molecule has 0 radical (unpaired) electrons. The van der Waals surface area contributed by atoms with Gasteiger partial charge in [-0.15, -0.1) is 0 Å². The number of nitro groups is 1. The Morgan fingerprint density at radius 1 is 1.60 bits per heavy atom. The van der Waals surface area contributed by atoms with Gasteiger partial charge in [0, 0.05) is 12.3 Å². The molecule has 0 heterocycles. The maximum absolute atomic E-state index is 11.1. The predicted molar refractivity (Wildman–Crippen MR) is 52.3 cm³/mol. The van der Waals surface area contributed by atoms with Gasteiger partial charge in [-0.25, -0.2) is 4.79 Å². The molecule has 0 aliphatic carbocycles. The van der Waals surface area contributed by atoms with Crippen LogP contribution in [0.25, 0.3) is 0 Å². The fraction of sp³-hybridized carbons (Fsp3) is 0.111. The lowest BCUT2D eigenvalue weighted by Crippen LogP contribution is -2.03. The van der Waals surface area contributed by atoms with E-state index in [4.69, 9.17) is 5.41 Å². The van der Waals surface area contributed by atoms with Gasteiger partial charge in [0.15, 0.2) is 0 Å². The zero-order valence-corrected chi connectivity index (χ0v) is 7.89. The van der Waals surface area contributed by atoms with Crippen LogP contribution in [0.3, 0.4) is 0 Å². The van der Waals surface area contributed by atoms with Crippen molar-refractivity contribution in [2.45, 2.75) is 0 Å². The topological polar surface area (TPSA) is 93.3 Å². The van der Waals surface area contributed by atoms with Gasteiger partial charge in [-0.1, -0.05) is 0 Å². The van der Waals surface area contributed by atoms with Gasteiger partial charge in [0.1, 0.15) is 0 Å². The van der Waals surface area contributed by atoms with Gasteiger partial charge < -0.3 is 10.1 Å². The van der Waals surface area contributed by atoms with Crippen LogP contribution in [0.2, 0.25) is 0 Å². The molecule has 1 N–H and O–H groups in total. The number of nitro benzene ring substituents is 1. The molecular weight excluding hydrogens is 200 g/mol. The van der Waals surface area contributed by atoms with E-state index in [0.717, 1.165) is 12.3 Å². The summed E-state index contributed by atoms with van der Waals surface area (Å²) in [6.45, 7) is 0. The first kappa shape index (κ1) is 10.8. The molecule has 0 saturated heterocycles. The van der Waals surface area contributed by atoms with Gasteiger partial charge in [-0.2, -0.15) is 0 Å². The lowest BCUT2D eigenvalue weighted by atomic mass is 10.1. The Kier molecular flexibility index (Phi) is 3.12. The molecule has 0 atom stereocenters. The van der Waals surface area contributed by atoms with Crippen LogP contribution in [0.15, 0.2) is 18.2 Å². The zero-order valence-electron chi connectivity index (χ0n) is 7.89. The minimum Gasteiger partial charge on any atom is -0.465 e. The Balaban J connectivity index is 3.27. The number of hydrogen-bond donors (Lipinski definition) is 1. The molecule has 6 nitrogen and oxygen atoms in total. The maximum Gasteiger partial charge on any atom is 0.338 e. The number of carbonyl (C=O) groups excluding carboxylic acids is 1. The van der Waals surface area contributed by atoms with Crippen LogP contribution in [0, 0.1) is 15.5 Å². The van der Waals surface area contributed by atoms with E-state index in [-0.39, 0.29) is 16.8 Å². The highest BCUT2D eigenvalue weighted by Gasteiger charge is 2.16. The quantitative estimate of drug-likeness (QED) is 0.351. The molecule has 0 aromatic heterocycles. The van der Waals surface area contributed by atoms with Gasteiger partial charge >= 0.3 is 5.97 Å². The average molecular weight is 208 g/mol. The third kappa shape index (κ3) is 2.16. The normalized spacial score (nSPS) is 9.40. The summed E-state index contributed by atoms with van der Waals surface area (Å²) in [5, 5.41) is 17.5. The molecule has 0 aliphatic rings. The van der Waals surface area contributed by atoms with Gasteiger partial charge in [-0.3, -0.25) is 10.1 Å². The van der Waals surface area contributed by atoms with Crippen molar-refractivity contribution in [3.63, 3.8) is 0 Å². The molecule has 6 heteroatoms. The van der Waals surface area contributed by atoms with Crippen LogP contribution in [0.5, 0.6) is 0 Å². The van der Waals surface area contributed by atoms with E-state index in [2.05, 4.69) is 4.74 Å². The summed E-state index contributed by atoms with van der Waals surface area (Å²) in [6.07, 6.45) is 0.860. The monoisotopic (exact) mass is 208 g/mol. The Labute approximate surface area is 85.1 Å². The summed E-state index contributed by atoms with van der Waals surface area (Å²) in [7, 11) is 1.19. The Hall–Kier alpha value is -2.24. The van der Waals surface area contributed by atoms with Crippen molar-refractivity contribution >= 4 is 17.9 Å². The highest BCUT2D eigenvalue weighted by molar-refractivity contribution is 5.92. The fourth-order valence-corrected chi connectivity index (χ4v) is 1.07. The van der Waals surface area contributed by atoms with Crippen molar-refractivity contribution < 1.29 is 14.5 Å². The summed E-state index contributed by atoms with van der Waals surface area (Å²) in [5.74, 6) is -0.644. The number of nitrogens with zero attached hydrogens (tertiary/aromatic N) is 1. The van der Waals surface area contributed by atoms with Crippen LogP contribution >= 0.6 is 0 Å². The van der Waals surface area contributed by atoms with E-state index in [0.29, 0.717) is 0 Å². The molecule has 0 spiro atoms. The van der Waals surface area contributed by atoms with Crippen molar-refractivity contribution in [1.82, 2.24) is 0 Å². The second-order valence-corrected chi connectivity index (χ2v) is 2.67. The third-order valence-corrected chi connectivity index (χ3v) is 1.80. The van der Waals surface area contributed by atoms with E-state index in [9.17, 15) is 14.9 Å². The molecule has 0 saturated carbocycles. The van der Waals surface area contributed by atoms with Crippen molar-refractivity contribution in [3.05, 3.63) is 39.4 Å². The molecule has 15 heavy (non-hydrogen) atoms. The summed E-state index contributed by atoms with van der Waals surface area (Å²) in [6, 6.07) is 3.79. The van der Waals surface area contributed by atoms with Gasteiger partial charge in [0.05, 0.1) is 23.2 Å². The summed E-state index contributed by atoms with van der Waals surface area (Å²) >= 11 is 0. The molecule has 78 valence electrons. The summed E-state index contributed by atoms with van der Waals surface area (Å²) in [4.78, 5) is 21.0. The number of esters is 1. The number of ether oxygens (including phenoxy) is 1. The maximum atomic E-state index is 11.1. The molecule has 1 aromatic carbocycles. The van der Waals surface area contributed by atoms with Gasteiger partial charge in [0.25, 0.3) is 5.69 Å². The van der Waals surface area contributed by atoms with Crippen molar-refractivity contribution in [2.24, 2.45) is 0 Å². The first-order valence-corrected chi connectivity index (χ1v) is 3.97. The zero-order chi connectivity index (χ0) is 11.4. The number of carbonyl (C=O) groups is 1. The standard InChI is InChI=1S/C9H8N2O4/c1-15-9(12)6-2-3-7(5-10)8(4-6)11(13)14/h2-5,10H,1H3. The Morgan fingerprint density at radius 2 is 2.27 bits per heavy atom. The highest BCUT2D eigenvalue weighted by atomic mass is 16.6. The summed E-state index contributed by atoms with van der Waals surface area (Å²) < 4.78 is 4.43. The average Bonchev–Trinajstić information content (AvgIpc) is 2.27. The first-order chi connectivity index (χ1) is 7.10. The minimum atomic E-state index is -0.646. The second kappa shape index (κ2) is 4.32. The van der Waals surface area contributed by atoms with Crippen LogP contribution in [-0.2, 0) is 4.74 Å². The summed E-state index contributed by atoms with van der Waals surface area (Å²) in [5.41, 5.74) is -0.0460.